The zero-order valence-electron chi connectivity index (χ0n) is 15.0. The average molecular weight is 393 g/mol. The first-order valence-corrected chi connectivity index (χ1v) is 8.55. The topological polar surface area (TPSA) is 96.9 Å². The normalized spacial score (nSPS) is 10.3. The first-order valence-electron chi connectivity index (χ1n) is 8.17. The highest BCUT2D eigenvalue weighted by Gasteiger charge is 2.13. The van der Waals surface area contributed by atoms with E-state index in [1.807, 2.05) is 31.2 Å². The molecule has 2 aromatic carbocycles. The minimum Gasteiger partial charge on any atom is -0.493 e. The van der Waals surface area contributed by atoms with E-state index in [2.05, 4.69) is 10.6 Å². The van der Waals surface area contributed by atoms with E-state index in [0.717, 1.165) is 5.56 Å². The summed E-state index contributed by atoms with van der Waals surface area (Å²) in [5.41, 5.74) is 2.44. The van der Waals surface area contributed by atoms with Crippen LogP contribution in [0.5, 0.6) is 11.5 Å². The molecule has 0 fully saturated rings. The molecule has 1 amide bonds. The van der Waals surface area contributed by atoms with Gasteiger partial charge in [0, 0.05) is 23.3 Å². The Morgan fingerprint density at radius 3 is 2.48 bits per heavy atom. The number of amides is 1. The van der Waals surface area contributed by atoms with Gasteiger partial charge in [-0.2, -0.15) is 0 Å². The van der Waals surface area contributed by atoms with Crippen LogP contribution in [0, 0.1) is 6.92 Å². The van der Waals surface area contributed by atoms with Gasteiger partial charge in [-0.1, -0.05) is 29.3 Å². The number of methoxy groups -OCH3 is 1. The average Bonchev–Trinajstić information content (AvgIpc) is 2.63. The number of carboxylic acids is 1. The maximum Gasteiger partial charge on any atom is 0.317 e. The van der Waals surface area contributed by atoms with Crippen LogP contribution in [0.3, 0.4) is 0 Å². The first-order chi connectivity index (χ1) is 12.9. The maximum atomic E-state index is 12.1. The number of hydrogen-bond donors (Lipinski definition) is 3. The van der Waals surface area contributed by atoms with Crippen molar-refractivity contribution in [2.45, 2.75) is 13.5 Å². The van der Waals surface area contributed by atoms with Crippen LogP contribution in [0.1, 0.15) is 11.1 Å². The van der Waals surface area contributed by atoms with Gasteiger partial charge in [-0.3, -0.25) is 9.59 Å². The zero-order chi connectivity index (χ0) is 19.8. The van der Waals surface area contributed by atoms with Crippen molar-refractivity contribution in [1.82, 2.24) is 5.32 Å². The standard InChI is InChI=1S/C19H21ClN2O5/c1-12-3-5-14(6-4-12)22-18(23)11-27-17-8-15(20)13(7-16(17)26-2)9-21-10-19(24)25/h3-8,21H,9-11H2,1-2H3,(H,22,23)(H,24,25). The van der Waals surface area contributed by atoms with Crippen LogP contribution in [0.4, 0.5) is 5.69 Å². The van der Waals surface area contributed by atoms with Gasteiger partial charge in [-0.05, 0) is 30.7 Å². The number of aryl methyl sites for hydroxylation is 1. The Bertz CT molecular complexity index is 808. The molecule has 0 saturated heterocycles. The molecule has 2 rings (SSSR count). The number of hydrogen-bond acceptors (Lipinski definition) is 5. The highest BCUT2D eigenvalue weighted by molar-refractivity contribution is 6.31. The third kappa shape index (κ3) is 6.47. The van der Waals surface area contributed by atoms with Gasteiger partial charge < -0.3 is 25.2 Å². The van der Waals surface area contributed by atoms with Crippen molar-refractivity contribution < 1.29 is 24.2 Å². The molecular formula is C19H21ClN2O5. The van der Waals surface area contributed by atoms with Gasteiger partial charge in [0.05, 0.1) is 13.7 Å². The number of aliphatic carboxylic acids is 1. The van der Waals surface area contributed by atoms with E-state index < -0.39 is 5.97 Å². The van der Waals surface area contributed by atoms with E-state index >= 15 is 0 Å². The molecule has 0 heterocycles. The number of ether oxygens (including phenoxy) is 2. The van der Waals surface area contributed by atoms with E-state index in [1.165, 1.54) is 13.2 Å². The minimum atomic E-state index is -0.961. The summed E-state index contributed by atoms with van der Waals surface area (Å²) >= 11 is 6.21. The summed E-state index contributed by atoms with van der Waals surface area (Å²) in [6, 6.07) is 10.6. The van der Waals surface area contributed by atoms with Gasteiger partial charge in [0.2, 0.25) is 0 Å². The van der Waals surface area contributed by atoms with Gasteiger partial charge in [0.25, 0.3) is 5.91 Å². The lowest BCUT2D eigenvalue weighted by Gasteiger charge is -2.14. The molecule has 8 heteroatoms. The predicted molar refractivity (Wildman–Crippen MR) is 103 cm³/mol. The number of rotatable bonds is 9. The Morgan fingerprint density at radius 2 is 1.85 bits per heavy atom. The van der Waals surface area contributed by atoms with Crippen LogP contribution in [0.2, 0.25) is 5.02 Å². The Hall–Kier alpha value is -2.77. The molecule has 0 aromatic heterocycles. The maximum absolute atomic E-state index is 12.1. The summed E-state index contributed by atoms with van der Waals surface area (Å²) in [5, 5.41) is 14.5. The second-order valence-electron chi connectivity index (χ2n) is 5.79. The van der Waals surface area contributed by atoms with Crippen molar-refractivity contribution in [2.24, 2.45) is 0 Å². The van der Waals surface area contributed by atoms with Crippen molar-refractivity contribution in [3.8, 4) is 11.5 Å². The number of carboxylic acid groups (broad SMARTS) is 1. The minimum absolute atomic E-state index is 0.184. The predicted octanol–water partition coefficient (Wildman–Crippen LogP) is 2.85. The number of anilines is 1. The fraction of sp³-hybridized carbons (Fsp3) is 0.263. The third-order valence-electron chi connectivity index (χ3n) is 3.62. The van der Waals surface area contributed by atoms with Gasteiger partial charge in [-0.15, -0.1) is 0 Å². The van der Waals surface area contributed by atoms with Crippen LogP contribution in [0.15, 0.2) is 36.4 Å². The van der Waals surface area contributed by atoms with Crippen LogP contribution in [0.25, 0.3) is 0 Å². The molecule has 27 heavy (non-hydrogen) atoms. The molecular weight excluding hydrogens is 372 g/mol. The summed E-state index contributed by atoms with van der Waals surface area (Å²) in [4.78, 5) is 22.6. The van der Waals surface area contributed by atoms with Gasteiger partial charge in [-0.25, -0.2) is 0 Å². The van der Waals surface area contributed by atoms with Crippen LogP contribution >= 0.6 is 11.6 Å². The fourth-order valence-electron chi connectivity index (χ4n) is 2.27. The molecule has 7 nitrogen and oxygen atoms in total. The molecule has 2 aromatic rings. The highest BCUT2D eigenvalue weighted by atomic mass is 35.5. The Labute approximate surface area is 162 Å². The van der Waals surface area contributed by atoms with E-state index in [4.69, 9.17) is 26.2 Å². The van der Waals surface area contributed by atoms with Crippen molar-refractivity contribution in [1.29, 1.82) is 0 Å². The number of carbonyl (C=O) groups excluding carboxylic acids is 1. The lowest BCUT2D eigenvalue weighted by atomic mass is 10.2. The van der Waals surface area contributed by atoms with E-state index in [0.29, 0.717) is 27.8 Å². The molecule has 3 N–H and O–H groups in total. The zero-order valence-corrected chi connectivity index (χ0v) is 15.8. The van der Waals surface area contributed by atoms with Gasteiger partial charge in [0.1, 0.15) is 0 Å². The van der Waals surface area contributed by atoms with Gasteiger partial charge in [0.15, 0.2) is 18.1 Å². The Morgan fingerprint density at radius 1 is 1.15 bits per heavy atom. The molecule has 0 aliphatic carbocycles. The number of halogens is 1. The summed E-state index contributed by atoms with van der Waals surface area (Å²) in [5.74, 6) is -0.555. The quantitative estimate of drug-likeness (QED) is 0.607. The fourth-order valence-corrected chi connectivity index (χ4v) is 2.49. The van der Waals surface area contributed by atoms with Gasteiger partial charge >= 0.3 is 5.97 Å². The van der Waals surface area contributed by atoms with Crippen LogP contribution in [-0.4, -0.2) is 37.2 Å². The summed E-state index contributed by atoms with van der Waals surface area (Å²) in [6.07, 6.45) is 0. The smallest absolute Gasteiger partial charge is 0.317 e. The molecule has 0 radical (unpaired) electrons. The lowest BCUT2D eigenvalue weighted by molar-refractivity contribution is -0.136. The van der Waals surface area contributed by atoms with E-state index in [1.54, 1.807) is 6.07 Å². The summed E-state index contributed by atoms with van der Waals surface area (Å²) < 4.78 is 10.8. The molecule has 0 bridgehead atoms. The van der Waals surface area contributed by atoms with Crippen LogP contribution < -0.4 is 20.1 Å². The Kier molecular flexibility index (Phi) is 7.45. The SMILES string of the molecule is COc1cc(CNCC(=O)O)c(Cl)cc1OCC(=O)Nc1ccc(C)cc1. The van der Waals surface area contributed by atoms with Crippen molar-refractivity contribution in [3.63, 3.8) is 0 Å². The number of carbonyl (C=O) groups is 2. The van der Waals surface area contributed by atoms with Crippen molar-refractivity contribution >= 4 is 29.2 Å². The third-order valence-corrected chi connectivity index (χ3v) is 3.97. The Balaban J connectivity index is 1.98. The molecule has 0 spiro atoms. The van der Waals surface area contributed by atoms with Crippen molar-refractivity contribution in [3.05, 3.63) is 52.5 Å². The summed E-state index contributed by atoms with van der Waals surface area (Å²) in [7, 11) is 1.47. The highest BCUT2D eigenvalue weighted by Crippen LogP contribution is 2.33. The van der Waals surface area contributed by atoms with Crippen molar-refractivity contribution in [2.75, 3.05) is 25.6 Å². The van der Waals surface area contributed by atoms with E-state index in [-0.39, 0.29) is 25.6 Å². The van der Waals surface area contributed by atoms with E-state index in [9.17, 15) is 9.59 Å². The number of nitrogens with one attached hydrogen (secondary N) is 2. The molecule has 0 aliphatic rings. The summed E-state index contributed by atoms with van der Waals surface area (Å²) in [6.45, 7) is 1.83. The lowest BCUT2D eigenvalue weighted by Crippen LogP contribution is -2.22. The largest absolute Gasteiger partial charge is 0.493 e. The molecule has 0 unspecified atom stereocenters. The second kappa shape index (κ2) is 9.80. The van der Waals surface area contributed by atoms with Crippen LogP contribution in [-0.2, 0) is 16.1 Å². The molecule has 144 valence electrons. The number of benzene rings is 2. The monoisotopic (exact) mass is 392 g/mol. The molecule has 0 aliphatic heterocycles. The molecule has 0 saturated carbocycles. The second-order valence-corrected chi connectivity index (χ2v) is 6.20. The first kappa shape index (κ1) is 20.5. The molecule has 0 atom stereocenters.